The quantitative estimate of drug-likeness (QED) is 0.618. The van der Waals surface area contributed by atoms with Gasteiger partial charge in [-0.25, -0.2) is 0 Å². The fourth-order valence-electron chi connectivity index (χ4n) is 2.65. The molecule has 1 aromatic rings. The molecule has 1 aliphatic heterocycles. The van der Waals surface area contributed by atoms with E-state index in [-0.39, 0.29) is 18.0 Å². The van der Waals surface area contributed by atoms with Gasteiger partial charge in [0.15, 0.2) is 0 Å². The monoisotopic (exact) mass is 248 g/mol. The van der Waals surface area contributed by atoms with E-state index >= 15 is 0 Å². The van der Waals surface area contributed by atoms with Gasteiger partial charge in [0.25, 0.3) is 5.91 Å². The number of carbonyl (C=O) groups excluding carboxylic acids is 1. The second kappa shape index (κ2) is 5.35. The molecule has 0 saturated carbocycles. The first-order chi connectivity index (χ1) is 8.65. The number of nitrogens with zero attached hydrogens (tertiary/aromatic N) is 2. The van der Waals surface area contributed by atoms with Gasteiger partial charge in [-0.15, -0.1) is 0 Å². The summed E-state index contributed by atoms with van der Waals surface area (Å²) in [5.74, 6) is 5.45. The minimum atomic E-state index is 0.00995. The van der Waals surface area contributed by atoms with Gasteiger partial charge in [-0.2, -0.15) is 0 Å². The lowest BCUT2D eigenvalue weighted by atomic mass is 9.96. The number of rotatable bonds is 2. The molecule has 1 saturated heterocycles. The molecule has 5 heteroatoms. The Hall–Kier alpha value is -1.62. The molecule has 98 valence electrons. The van der Waals surface area contributed by atoms with Crippen molar-refractivity contribution in [3.8, 4) is 0 Å². The zero-order valence-electron chi connectivity index (χ0n) is 10.9. The normalized spacial score (nSPS) is 23.8. The van der Waals surface area contributed by atoms with Crippen LogP contribution < -0.4 is 11.3 Å². The van der Waals surface area contributed by atoms with E-state index in [4.69, 9.17) is 5.84 Å². The van der Waals surface area contributed by atoms with Crippen LogP contribution in [0.3, 0.4) is 0 Å². The van der Waals surface area contributed by atoms with Gasteiger partial charge in [0.05, 0.1) is 11.3 Å². The van der Waals surface area contributed by atoms with Crippen molar-refractivity contribution >= 4 is 11.6 Å². The predicted molar refractivity (Wildman–Crippen MR) is 71.0 cm³/mol. The number of hydrogen-bond donors (Lipinski definition) is 2. The molecule has 2 heterocycles. The van der Waals surface area contributed by atoms with Crippen LogP contribution in [-0.4, -0.2) is 27.9 Å². The smallest absolute Gasteiger partial charge is 0.258 e. The number of anilines is 1. The second-order valence-corrected chi connectivity index (χ2v) is 4.91. The molecular formula is C13H20N4O. The van der Waals surface area contributed by atoms with Crippen LogP contribution in [0.15, 0.2) is 18.5 Å². The number of aromatic nitrogens is 1. The van der Waals surface area contributed by atoms with Gasteiger partial charge in [0, 0.05) is 24.5 Å². The number of likely N-dealkylation sites (tertiary alicyclic amines) is 1. The summed E-state index contributed by atoms with van der Waals surface area (Å²) in [6.07, 6.45) is 6.49. The lowest BCUT2D eigenvalue weighted by Gasteiger charge is -2.39. The summed E-state index contributed by atoms with van der Waals surface area (Å²) in [5.41, 5.74) is 3.72. The first kappa shape index (κ1) is 12.8. The molecule has 18 heavy (non-hydrogen) atoms. The zero-order chi connectivity index (χ0) is 13.1. The molecule has 0 unspecified atom stereocenters. The average molecular weight is 248 g/mol. The molecule has 0 aliphatic carbocycles. The Morgan fingerprint density at radius 3 is 2.72 bits per heavy atom. The summed E-state index contributed by atoms with van der Waals surface area (Å²) in [6.45, 7) is 4.19. The fraction of sp³-hybridized carbons (Fsp3) is 0.538. The van der Waals surface area contributed by atoms with Crippen LogP contribution in [0.25, 0.3) is 0 Å². The highest BCUT2D eigenvalue weighted by Crippen LogP contribution is 2.26. The van der Waals surface area contributed by atoms with Gasteiger partial charge in [-0.05, 0) is 39.2 Å². The third kappa shape index (κ3) is 2.31. The van der Waals surface area contributed by atoms with Crippen molar-refractivity contribution in [1.82, 2.24) is 9.88 Å². The number of pyridine rings is 1. The Kier molecular flexibility index (Phi) is 3.81. The van der Waals surface area contributed by atoms with Gasteiger partial charge in [-0.3, -0.25) is 15.6 Å². The summed E-state index contributed by atoms with van der Waals surface area (Å²) in [4.78, 5) is 18.6. The predicted octanol–water partition coefficient (Wildman–Crippen LogP) is 1.77. The number of nitrogens with one attached hydrogen (secondary N) is 1. The topological polar surface area (TPSA) is 71.2 Å². The van der Waals surface area contributed by atoms with Gasteiger partial charge < -0.3 is 10.3 Å². The molecule has 2 atom stereocenters. The van der Waals surface area contributed by atoms with E-state index in [1.807, 2.05) is 4.90 Å². The Morgan fingerprint density at radius 1 is 1.44 bits per heavy atom. The Labute approximate surface area is 107 Å². The van der Waals surface area contributed by atoms with Crippen molar-refractivity contribution in [2.24, 2.45) is 5.84 Å². The molecule has 0 spiro atoms. The summed E-state index contributed by atoms with van der Waals surface area (Å²) in [6, 6.07) is 2.26. The summed E-state index contributed by atoms with van der Waals surface area (Å²) < 4.78 is 0. The number of piperidine rings is 1. The van der Waals surface area contributed by atoms with E-state index < -0.39 is 0 Å². The van der Waals surface area contributed by atoms with Crippen LogP contribution in [0.5, 0.6) is 0 Å². The van der Waals surface area contributed by atoms with Crippen molar-refractivity contribution in [3.05, 3.63) is 24.0 Å². The minimum absolute atomic E-state index is 0.00995. The number of nitrogen functional groups attached to an aromatic ring is 1. The summed E-state index contributed by atoms with van der Waals surface area (Å²) in [5, 5.41) is 0. The van der Waals surface area contributed by atoms with Crippen LogP contribution in [0.2, 0.25) is 0 Å². The standard InChI is InChI=1S/C13H20N4O/c1-9-4-3-5-10(2)17(9)13(18)11-8-15-7-6-12(11)16-14/h6-10H,3-5,14H2,1-2H3,(H,15,16)/t9-,10+. The van der Waals surface area contributed by atoms with Gasteiger partial charge in [-0.1, -0.05) is 0 Å². The van der Waals surface area contributed by atoms with Crippen molar-refractivity contribution in [2.45, 2.75) is 45.2 Å². The molecule has 1 aliphatic rings. The minimum Gasteiger partial charge on any atom is -0.333 e. The van der Waals surface area contributed by atoms with Gasteiger partial charge in [0.2, 0.25) is 0 Å². The van der Waals surface area contributed by atoms with E-state index in [0.717, 1.165) is 12.8 Å². The Morgan fingerprint density at radius 2 is 2.11 bits per heavy atom. The van der Waals surface area contributed by atoms with E-state index in [0.29, 0.717) is 11.3 Å². The van der Waals surface area contributed by atoms with Crippen molar-refractivity contribution in [3.63, 3.8) is 0 Å². The summed E-state index contributed by atoms with van der Waals surface area (Å²) >= 11 is 0. The third-order valence-corrected chi connectivity index (χ3v) is 3.64. The van der Waals surface area contributed by atoms with E-state index in [2.05, 4.69) is 24.3 Å². The first-order valence-electron chi connectivity index (χ1n) is 6.38. The SMILES string of the molecule is C[C@@H]1CCC[C@H](C)N1C(=O)c1cnccc1NN. The van der Waals surface area contributed by atoms with Gasteiger partial charge >= 0.3 is 0 Å². The first-order valence-corrected chi connectivity index (χ1v) is 6.38. The second-order valence-electron chi connectivity index (χ2n) is 4.91. The molecule has 3 N–H and O–H groups in total. The molecule has 0 bridgehead atoms. The molecule has 2 rings (SSSR count). The van der Waals surface area contributed by atoms with Crippen LogP contribution in [-0.2, 0) is 0 Å². The fourth-order valence-corrected chi connectivity index (χ4v) is 2.65. The number of carbonyl (C=O) groups is 1. The molecule has 1 amide bonds. The van der Waals surface area contributed by atoms with E-state index in [1.165, 1.54) is 6.42 Å². The van der Waals surface area contributed by atoms with Gasteiger partial charge in [0.1, 0.15) is 0 Å². The van der Waals surface area contributed by atoms with Crippen LogP contribution in [0, 0.1) is 0 Å². The van der Waals surface area contributed by atoms with Crippen LogP contribution in [0.4, 0.5) is 5.69 Å². The number of hydrazine groups is 1. The summed E-state index contributed by atoms with van der Waals surface area (Å²) in [7, 11) is 0. The molecular weight excluding hydrogens is 228 g/mol. The molecule has 0 aromatic carbocycles. The zero-order valence-corrected chi connectivity index (χ0v) is 10.9. The van der Waals surface area contributed by atoms with Crippen LogP contribution >= 0.6 is 0 Å². The average Bonchev–Trinajstić information content (AvgIpc) is 2.38. The highest BCUT2D eigenvalue weighted by Gasteiger charge is 2.30. The maximum Gasteiger partial charge on any atom is 0.258 e. The van der Waals surface area contributed by atoms with Crippen molar-refractivity contribution in [2.75, 3.05) is 5.43 Å². The highest BCUT2D eigenvalue weighted by atomic mass is 16.2. The lowest BCUT2D eigenvalue weighted by molar-refractivity contribution is 0.0511. The molecule has 1 aromatic heterocycles. The molecule has 5 nitrogen and oxygen atoms in total. The third-order valence-electron chi connectivity index (χ3n) is 3.64. The Bertz CT molecular complexity index is 425. The largest absolute Gasteiger partial charge is 0.333 e. The van der Waals surface area contributed by atoms with Crippen LogP contribution in [0.1, 0.15) is 43.5 Å². The number of amides is 1. The highest BCUT2D eigenvalue weighted by molar-refractivity contribution is 5.99. The number of hydrogen-bond acceptors (Lipinski definition) is 4. The van der Waals surface area contributed by atoms with E-state index in [1.54, 1.807) is 18.5 Å². The van der Waals surface area contributed by atoms with Crippen molar-refractivity contribution < 1.29 is 4.79 Å². The molecule has 1 fully saturated rings. The Balaban J connectivity index is 2.29. The molecule has 0 radical (unpaired) electrons. The maximum absolute atomic E-state index is 12.6. The van der Waals surface area contributed by atoms with Crippen molar-refractivity contribution in [1.29, 1.82) is 0 Å². The van der Waals surface area contributed by atoms with E-state index in [9.17, 15) is 4.79 Å². The maximum atomic E-state index is 12.6. The number of nitrogens with two attached hydrogens (primary N) is 1. The lowest BCUT2D eigenvalue weighted by Crippen LogP contribution is -2.47.